The zero-order valence-electron chi connectivity index (χ0n) is 12.7. The van der Waals surface area contributed by atoms with Crippen molar-refractivity contribution in [1.29, 1.82) is 0 Å². The summed E-state index contributed by atoms with van der Waals surface area (Å²) in [5.74, 6) is -1.08. The number of aliphatic hydroxyl groups is 2. The number of amides is 1. The second-order valence-corrected chi connectivity index (χ2v) is 6.69. The Morgan fingerprint density at radius 1 is 1.36 bits per heavy atom. The summed E-state index contributed by atoms with van der Waals surface area (Å²) >= 11 is 0.978. The Hall–Kier alpha value is -1.64. The normalized spacial score (nSPS) is 14.2. The second-order valence-electron chi connectivity index (χ2n) is 5.78. The van der Waals surface area contributed by atoms with E-state index in [-0.39, 0.29) is 17.8 Å². The first-order valence-electron chi connectivity index (χ1n) is 6.75. The number of hydrogen-bond donors (Lipinski definition) is 4. The third kappa shape index (κ3) is 6.00. The molecule has 0 saturated heterocycles. The zero-order chi connectivity index (χ0) is 16.9. The van der Waals surface area contributed by atoms with Crippen LogP contribution in [0.4, 0.5) is 4.79 Å². The molecule has 1 aromatic heterocycles. The molecule has 0 fully saturated rings. The van der Waals surface area contributed by atoms with Gasteiger partial charge in [0.05, 0.1) is 6.10 Å². The Labute approximate surface area is 132 Å². The van der Waals surface area contributed by atoms with Crippen LogP contribution in [0.5, 0.6) is 0 Å². The van der Waals surface area contributed by atoms with Gasteiger partial charge in [-0.25, -0.2) is 9.59 Å². The summed E-state index contributed by atoms with van der Waals surface area (Å²) in [5, 5.41) is 32.6. The number of carboxylic acids is 1. The van der Waals surface area contributed by atoms with E-state index in [1.54, 1.807) is 20.8 Å². The van der Waals surface area contributed by atoms with Crippen molar-refractivity contribution in [2.45, 2.75) is 45.0 Å². The maximum absolute atomic E-state index is 11.4. The number of aliphatic hydroxyl groups excluding tert-OH is 2. The van der Waals surface area contributed by atoms with Crippen molar-refractivity contribution in [2.75, 3.05) is 6.54 Å². The van der Waals surface area contributed by atoms with Gasteiger partial charge in [0.2, 0.25) is 0 Å². The topological polar surface area (TPSA) is 116 Å². The van der Waals surface area contributed by atoms with Crippen LogP contribution >= 0.6 is 11.3 Å². The van der Waals surface area contributed by atoms with E-state index in [2.05, 4.69) is 5.32 Å². The lowest BCUT2D eigenvalue weighted by molar-refractivity contribution is 0.0125. The van der Waals surface area contributed by atoms with Crippen LogP contribution in [0.3, 0.4) is 0 Å². The van der Waals surface area contributed by atoms with Crippen LogP contribution in [-0.2, 0) is 4.74 Å². The van der Waals surface area contributed by atoms with Crippen molar-refractivity contribution in [3.63, 3.8) is 0 Å². The Balaban J connectivity index is 2.42. The summed E-state index contributed by atoms with van der Waals surface area (Å²) in [4.78, 5) is 22.3. The minimum Gasteiger partial charge on any atom is -0.477 e. The summed E-state index contributed by atoms with van der Waals surface area (Å²) < 4.78 is 5.04. The number of aromatic carboxylic acids is 1. The van der Waals surface area contributed by atoms with E-state index in [1.807, 2.05) is 0 Å². The van der Waals surface area contributed by atoms with Crippen LogP contribution < -0.4 is 5.32 Å². The van der Waals surface area contributed by atoms with Crippen LogP contribution in [0.2, 0.25) is 0 Å². The molecule has 1 rings (SSSR count). The third-order valence-corrected chi connectivity index (χ3v) is 3.58. The summed E-state index contributed by atoms with van der Waals surface area (Å²) in [6.07, 6.45) is -2.81. The quantitative estimate of drug-likeness (QED) is 0.631. The number of nitrogens with one attached hydrogen (secondary N) is 1. The second kappa shape index (κ2) is 7.57. The standard InChI is InChI=1S/C14H21NO6S/c1-14(2,3)21-13(20)15-5-4-9(16)11(17)8-6-10(12(18)19)22-7-8/h6-7,9,11,16-17H,4-5H2,1-3H3,(H,15,20)(H,18,19). The Morgan fingerprint density at radius 2 is 2.00 bits per heavy atom. The Kier molecular flexibility index (Phi) is 6.34. The molecule has 124 valence electrons. The highest BCUT2D eigenvalue weighted by Crippen LogP contribution is 2.24. The molecule has 1 aromatic rings. The fourth-order valence-corrected chi connectivity index (χ4v) is 2.41. The highest BCUT2D eigenvalue weighted by Gasteiger charge is 2.21. The van der Waals surface area contributed by atoms with Crippen molar-refractivity contribution in [3.8, 4) is 0 Å². The van der Waals surface area contributed by atoms with Crippen LogP contribution in [0.25, 0.3) is 0 Å². The van der Waals surface area contributed by atoms with Gasteiger partial charge in [0, 0.05) is 6.54 Å². The summed E-state index contributed by atoms with van der Waals surface area (Å²) in [6.45, 7) is 5.34. The zero-order valence-corrected chi connectivity index (χ0v) is 13.5. The van der Waals surface area contributed by atoms with Crippen molar-refractivity contribution < 1.29 is 29.6 Å². The fourth-order valence-electron chi connectivity index (χ4n) is 1.63. The molecule has 0 radical (unpaired) electrons. The van der Waals surface area contributed by atoms with E-state index < -0.39 is 29.9 Å². The molecule has 4 N–H and O–H groups in total. The molecule has 8 heteroatoms. The van der Waals surface area contributed by atoms with Crippen LogP contribution in [0.15, 0.2) is 11.4 Å². The van der Waals surface area contributed by atoms with E-state index >= 15 is 0 Å². The first-order chi connectivity index (χ1) is 10.1. The fraction of sp³-hybridized carbons (Fsp3) is 0.571. The van der Waals surface area contributed by atoms with Gasteiger partial charge in [0.25, 0.3) is 0 Å². The van der Waals surface area contributed by atoms with E-state index in [0.29, 0.717) is 5.56 Å². The van der Waals surface area contributed by atoms with Gasteiger partial charge >= 0.3 is 12.1 Å². The molecule has 7 nitrogen and oxygen atoms in total. The lowest BCUT2D eigenvalue weighted by Crippen LogP contribution is -2.34. The Bertz CT molecular complexity index is 522. The molecule has 2 unspecified atom stereocenters. The number of carbonyl (C=O) groups excluding carboxylic acids is 1. The Morgan fingerprint density at radius 3 is 2.50 bits per heavy atom. The molecule has 0 aliphatic carbocycles. The van der Waals surface area contributed by atoms with Gasteiger partial charge in [-0.2, -0.15) is 0 Å². The lowest BCUT2D eigenvalue weighted by Gasteiger charge is -2.21. The van der Waals surface area contributed by atoms with Gasteiger partial charge in [-0.1, -0.05) is 0 Å². The minimum absolute atomic E-state index is 0.0909. The summed E-state index contributed by atoms with van der Waals surface area (Å²) in [6, 6.07) is 1.32. The van der Waals surface area contributed by atoms with Gasteiger partial charge < -0.3 is 25.4 Å². The average Bonchev–Trinajstić information content (AvgIpc) is 2.85. The first-order valence-corrected chi connectivity index (χ1v) is 7.63. The van der Waals surface area contributed by atoms with E-state index in [0.717, 1.165) is 11.3 Å². The number of thiophene rings is 1. The first kappa shape index (κ1) is 18.4. The van der Waals surface area contributed by atoms with E-state index in [9.17, 15) is 19.8 Å². The largest absolute Gasteiger partial charge is 0.477 e. The molecule has 22 heavy (non-hydrogen) atoms. The molecule has 0 aliphatic heterocycles. The van der Waals surface area contributed by atoms with Gasteiger partial charge in [-0.05, 0) is 44.2 Å². The molecule has 0 aromatic carbocycles. The average molecular weight is 331 g/mol. The van der Waals surface area contributed by atoms with Crippen LogP contribution in [-0.4, -0.2) is 45.6 Å². The molecular weight excluding hydrogens is 310 g/mol. The van der Waals surface area contributed by atoms with E-state index in [1.165, 1.54) is 11.4 Å². The van der Waals surface area contributed by atoms with Crippen LogP contribution in [0.1, 0.15) is 48.5 Å². The predicted molar refractivity (Wildman–Crippen MR) is 81.1 cm³/mol. The number of rotatable bonds is 6. The number of hydrogen-bond acceptors (Lipinski definition) is 6. The van der Waals surface area contributed by atoms with Crippen molar-refractivity contribution in [2.24, 2.45) is 0 Å². The molecule has 0 bridgehead atoms. The molecule has 0 saturated carbocycles. The summed E-state index contributed by atoms with van der Waals surface area (Å²) in [7, 11) is 0. The lowest BCUT2D eigenvalue weighted by atomic mass is 10.0. The van der Waals surface area contributed by atoms with Gasteiger partial charge in [0.15, 0.2) is 0 Å². The summed E-state index contributed by atoms with van der Waals surface area (Å²) in [5.41, 5.74) is -0.265. The minimum atomic E-state index is -1.20. The molecule has 1 heterocycles. The van der Waals surface area contributed by atoms with Crippen molar-refractivity contribution in [1.82, 2.24) is 5.32 Å². The number of alkyl carbamates (subject to hydrolysis) is 1. The SMILES string of the molecule is CC(C)(C)OC(=O)NCCC(O)C(O)c1csc(C(=O)O)c1. The highest BCUT2D eigenvalue weighted by molar-refractivity contribution is 7.12. The van der Waals surface area contributed by atoms with Crippen LogP contribution in [0, 0.1) is 0 Å². The smallest absolute Gasteiger partial charge is 0.407 e. The molecule has 0 spiro atoms. The molecule has 1 amide bonds. The van der Waals surface area contributed by atoms with Gasteiger partial charge in [-0.3, -0.25) is 0 Å². The number of carboxylic acid groups (broad SMARTS) is 1. The molecule has 0 aliphatic rings. The van der Waals surface area contributed by atoms with E-state index in [4.69, 9.17) is 9.84 Å². The monoisotopic (exact) mass is 331 g/mol. The van der Waals surface area contributed by atoms with Gasteiger partial charge in [0.1, 0.15) is 16.6 Å². The predicted octanol–water partition coefficient (Wildman–Crippen LogP) is 1.76. The van der Waals surface area contributed by atoms with Gasteiger partial charge in [-0.15, -0.1) is 11.3 Å². The van der Waals surface area contributed by atoms with Crippen molar-refractivity contribution in [3.05, 3.63) is 21.9 Å². The number of ether oxygens (including phenoxy) is 1. The third-order valence-electron chi connectivity index (χ3n) is 2.64. The maximum atomic E-state index is 11.4. The van der Waals surface area contributed by atoms with Crippen molar-refractivity contribution >= 4 is 23.4 Å². The highest BCUT2D eigenvalue weighted by atomic mass is 32.1. The molecule has 2 atom stereocenters. The maximum Gasteiger partial charge on any atom is 0.407 e. The number of carbonyl (C=O) groups is 2. The molecular formula is C14H21NO6S.